The maximum absolute atomic E-state index is 5.80. The van der Waals surface area contributed by atoms with Gasteiger partial charge in [0.1, 0.15) is 12.2 Å². The summed E-state index contributed by atoms with van der Waals surface area (Å²) in [6.45, 7) is 8.36. The Morgan fingerprint density at radius 3 is 2.73 bits per heavy atom. The van der Waals surface area contributed by atoms with Gasteiger partial charge in [0.25, 0.3) is 0 Å². The number of nitrogens with one attached hydrogen (secondary N) is 2. The number of likely N-dealkylation sites (tertiary alicyclic amines) is 1. The van der Waals surface area contributed by atoms with Crippen molar-refractivity contribution in [2.45, 2.75) is 57.7 Å². The summed E-state index contributed by atoms with van der Waals surface area (Å²) < 4.78 is 7.90. The van der Waals surface area contributed by atoms with E-state index in [4.69, 9.17) is 9.73 Å². The van der Waals surface area contributed by atoms with Crippen LogP contribution >= 0.6 is 24.0 Å². The predicted octanol–water partition coefficient (Wildman–Crippen LogP) is 3.01. The smallest absolute Gasteiger partial charge is 0.191 e. The van der Waals surface area contributed by atoms with Gasteiger partial charge in [0.15, 0.2) is 5.96 Å². The van der Waals surface area contributed by atoms with Gasteiger partial charge in [-0.05, 0) is 44.3 Å². The third kappa shape index (κ3) is 7.65. The summed E-state index contributed by atoms with van der Waals surface area (Å²) in [4.78, 5) is 7.59. The Balaban J connectivity index is 0.00000306. The molecule has 2 aromatic rings. The monoisotopic (exact) mass is 567 g/mol. The van der Waals surface area contributed by atoms with E-state index in [9.17, 15) is 0 Å². The summed E-state index contributed by atoms with van der Waals surface area (Å²) in [5, 5.41) is 15.3. The molecule has 0 aliphatic carbocycles. The molecule has 2 aliphatic rings. The molecule has 182 valence electrons. The number of aliphatic imine (C=N–C) groups is 1. The molecule has 1 aromatic carbocycles. The molecule has 2 aliphatic heterocycles. The fraction of sp³-hybridized carbons (Fsp3) is 0.625. The molecule has 0 spiro atoms. The van der Waals surface area contributed by atoms with E-state index in [2.05, 4.69) is 67.6 Å². The van der Waals surface area contributed by atoms with Gasteiger partial charge in [-0.15, -0.1) is 34.2 Å². The van der Waals surface area contributed by atoms with E-state index in [1.165, 1.54) is 18.4 Å². The maximum atomic E-state index is 5.80. The largest absolute Gasteiger partial charge is 0.376 e. The lowest BCUT2D eigenvalue weighted by Crippen LogP contribution is -2.43. The summed E-state index contributed by atoms with van der Waals surface area (Å²) in [5.41, 5.74) is 1.34. The fourth-order valence-corrected chi connectivity index (χ4v) is 4.56. The fourth-order valence-electron chi connectivity index (χ4n) is 4.56. The highest BCUT2D eigenvalue weighted by Gasteiger charge is 2.23. The molecule has 9 heteroatoms. The van der Waals surface area contributed by atoms with Crippen LogP contribution in [0.1, 0.15) is 50.0 Å². The van der Waals surface area contributed by atoms with Crippen LogP contribution in [0, 0.1) is 0 Å². The number of ether oxygens (including phenoxy) is 1. The second-order valence-corrected chi connectivity index (χ2v) is 8.60. The molecule has 0 amide bonds. The third-order valence-electron chi connectivity index (χ3n) is 6.37. The molecule has 0 radical (unpaired) electrons. The Morgan fingerprint density at radius 2 is 2.00 bits per heavy atom. The molecule has 2 saturated heterocycles. The van der Waals surface area contributed by atoms with Gasteiger partial charge in [-0.1, -0.05) is 37.3 Å². The van der Waals surface area contributed by atoms with E-state index in [1.54, 1.807) is 6.33 Å². The molecule has 8 nitrogen and oxygen atoms in total. The zero-order valence-corrected chi connectivity index (χ0v) is 22.0. The van der Waals surface area contributed by atoms with Gasteiger partial charge >= 0.3 is 0 Å². The van der Waals surface area contributed by atoms with Gasteiger partial charge in [-0.25, -0.2) is 0 Å². The first-order valence-corrected chi connectivity index (χ1v) is 12.1. The van der Waals surface area contributed by atoms with Crippen molar-refractivity contribution in [1.29, 1.82) is 0 Å². The van der Waals surface area contributed by atoms with Crippen LogP contribution in [0.4, 0.5) is 0 Å². The van der Waals surface area contributed by atoms with Gasteiger partial charge in [-0.2, -0.15) is 0 Å². The van der Waals surface area contributed by atoms with Crippen LogP contribution in [-0.4, -0.2) is 71.1 Å². The van der Waals surface area contributed by atoms with E-state index in [1.807, 2.05) is 0 Å². The minimum atomic E-state index is 0. The minimum absolute atomic E-state index is 0. The molecule has 2 atom stereocenters. The van der Waals surface area contributed by atoms with E-state index in [0.717, 1.165) is 76.9 Å². The highest BCUT2D eigenvalue weighted by atomic mass is 127. The molecule has 33 heavy (non-hydrogen) atoms. The van der Waals surface area contributed by atoms with Crippen molar-refractivity contribution in [2.24, 2.45) is 4.99 Å². The van der Waals surface area contributed by atoms with Crippen molar-refractivity contribution in [3.05, 3.63) is 48.0 Å². The molecule has 2 fully saturated rings. The van der Waals surface area contributed by atoms with Crippen molar-refractivity contribution < 1.29 is 4.74 Å². The summed E-state index contributed by atoms with van der Waals surface area (Å²) >= 11 is 0. The van der Waals surface area contributed by atoms with Gasteiger partial charge in [0.05, 0.1) is 18.7 Å². The highest BCUT2D eigenvalue weighted by molar-refractivity contribution is 14.0. The number of nitrogens with zero attached hydrogens (tertiary/aromatic N) is 5. The number of hydrogen-bond donors (Lipinski definition) is 2. The number of guanidine groups is 1. The van der Waals surface area contributed by atoms with Crippen LogP contribution in [0.3, 0.4) is 0 Å². The van der Waals surface area contributed by atoms with Crippen molar-refractivity contribution in [2.75, 3.05) is 39.3 Å². The quantitative estimate of drug-likeness (QED) is 0.261. The lowest BCUT2D eigenvalue weighted by molar-refractivity contribution is 0.113. The summed E-state index contributed by atoms with van der Waals surface area (Å²) in [6.07, 6.45) is 7.76. The van der Waals surface area contributed by atoms with Gasteiger partial charge in [-0.3, -0.25) is 9.89 Å². The standard InChI is InChI=1S/C24H37N7O.HI/c1-2-23-29-28-19-31(23)15-12-25-24(26-17-21-11-8-16-32-21)27-18-22(30-13-6-7-14-30)20-9-4-3-5-10-20;/h3-5,9-10,19,21-22H,2,6-8,11-18H2,1H3,(H2,25,26,27);1H. The second kappa shape index (κ2) is 13.9. The number of benzene rings is 1. The van der Waals surface area contributed by atoms with Crippen LogP contribution in [0.15, 0.2) is 41.7 Å². The number of rotatable bonds is 10. The average Bonchev–Trinajstić information content (AvgIpc) is 3.61. The Bertz CT molecular complexity index is 832. The summed E-state index contributed by atoms with van der Waals surface area (Å²) in [7, 11) is 0. The molecule has 2 N–H and O–H groups in total. The number of halogens is 1. The van der Waals surface area contributed by atoms with Crippen LogP contribution in [-0.2, 0) is 17.7 Å². The van der Waals surface area contributed by atoms with Crippen LogP contribution in [0.2, 0.25) is 0 Å². The zero-order valence-electron chi connectivity index (χ0n) is 19.7. The molecule has 0 bridgehead atoms. The van der Waals surface area contributed by atoms with Crippen molar-refractivity contribution >= 4 is 29.9 Å². The predicted molar refractivity (Wildman–Crippen MR) is 142 cm³/mol. The van der Waals surface area contributed by atoms with Crippen molar-refractivity contribution in [1.82, 2.24) is 30.3 Å². The average molecular weight is 568 g/mol. The summed E-state index contributed by atoms with van der Waals surface area (Å²) in [5.74, 6) is 1.86. The lowest BCUT2D eigenvalue weighted by Gasteiger charge is -2.27. The molecular weight excluding hydrogens is 529 g/mol. The first kappa shape index (κ1) is 25.9. The van der Waals surface area contributed by atoms with Crippen LogP contribution < -0.4 is 10.6 Å². The minimum Gasteiger partial charge on any atom is -0.376 e. The number of hydrogen-bond acceptors (Lipinski definition) is 5. The normalized spacial score (nSPS) is 19.9. The molecule has 3 heterocycles. The van der Waals surface area contributed by atoms with Gasteiger partial charge in [0.2, 0.25) is 0 Å². The van der Waals surface area contributed by atoms with Crippen LogP contribution in [0.5, 0.6) is 0 Å². The SMILES string of the molecule is CCc1nncn1CCNC(=NCC(c1ccccc1)N1CCCC1)NCC1CCCO1.I. The molecule has 0 saturated carbocycles. The van der Waals surface area contributed by atoms with E-state index >= 15 is 0 Å². The van der Waals surface area contributed by atoms with Gasteiger partial charge in [0, 0.05) is 32.7 Å². The highest BCUT2D eigenvalue weighted by Crippen LogP contribution is 2.25. The Kier molecular flexibility index (Phi) is 10.9. The number of aryl methyl sites for hydroxylation is 1. The molecule has 4 rings (SSSR count). The maximum Gasteiger partial charge on any atom is 0.191 e. The van der Waals surface area contributed by atoms with E-state index in [-0.39, 0.29) is 30.1 Å². The topological polar surface area (TPSA) is 79.6 Å². The Morgan fingerprint density at radius 1 is 1.18 bits per heavy atom. The zero-order chi connectivity index (χ0) is 22.0. The van der Waals surface area contributed by atoms with Crippen molar-refractivity contribution in [3.8, 4) is 0 Å². The van der Waals surface area contributed by atoms with E-state index in [0.29, 0.717) is 6.04 Å². The first-order valence-electron chi connectivity index (χ1n) is 12.1. The molecule has 2 unspecified atom stereocenters. The Hall–Kier alpha value is -1.72. The Labute approximate surface area is 214 Å². The van der Waals surface area contributed by atoms with Crippen LogP contribution in [0.25, 0.3) is 0 Å². The van der Waals surface area contributed by atoms with E-state index < -0.39 is 0 Å². The molecule has 1 aromatic heterocycles. The molecular formula is C24H38IN7O. The van der Waals surface area contributed by atoms with Crippen molar-refractivity contribution in [3.63, 3.8) is 0 Å². The summed E-state index contributed by atoms with van der Waals surface area (Å²) in [6, 6.07) is 11.1. The third-order valence-corrected chi connectivity index (χ3v) is 6.37. The number of aromatic nitrogens is 3. The lowest BCUT2D eigenvalue weighted by atomic mass is 10.1. The second-order valence-electron chi connectivity index (χ2n) is 8.60. The first-order chi connectivity index (χ1) is 15.8. The van der Waals surface area contributed by atoms with Gasteiger partial charge < -0.3 is 19.9 Å².